The van der Waals surface area contributed by atoms with E-state index in [0.29, 0.717) is 5.69 Å². The van der Waals surface area contributed by atoms with E-state index in [1.807, 2.05) is 48.3 Å². The van der Waals surface area contributed by atoms with Crippen molar-refractivity contribution in [1.82, 2.24) is 10.1 Å². The van der Waals surface area contributed by atoms with E-state index < -0.39 is 4.92 Å². The molecular formula is C21H22N4O4. The van der Waals surface area contributed by atoms with Gasteiger partial charge >= 0.3 is 0 Å². The lowest BCUT2D eigenvalue weighted by molar-refractivity contribution is -0.384. The van der Waals surface area contributed by atoms with Crippen LogP contribution in [0.15, 0.2) is 65.2 Å². The van der Waals surface area contributed by atoms with Crippen molar-refractivity contribution in [3.8, 4) is 11.3 Å². The molecule has 2 aromatic carbocycles. The number of carbonyl (C=O) groups excluding carboxylic acids is 1. The van der Waals surface area contributed by atoms with E-state index in [-0.39, 0.29) is 18.1 Å². The Labute approximate surface area is 168 Å². The van der Waals surface area contributed by atoms with Crippen molar-refractivity contribution in [2.24, 2.45) is 0 Å². The fourth-order valence-electron chi connectivity index (χ4n) is 2.89. The van der Waals surface area contributed by atoms with Gasteiger partial charge in [-0.25, -0.2) is 0 Å². The third-order valence-corrected chi connectivity index (χ3v) is 4.37. The molecule has 0 bridgehead atoms. The number of hydrogen-bond donors (Lipinski definition) is 1. The Kier molecular flexibility index (Phi) is 6.70. The number of anilines is 1. The number of nitro groups is 1. The summed E-state index contributed by atoms with van der Waals surface area (Å²) in [6, 6.07) is 17.5. The van der Waals surface area contributed by atoms with Crippen LogP contribution >= 0.6 is 0 Å². The topological polar surface area (TPSA) is 102 Å². The second-order valence-corrected chi connectivity index (χ2v) is 6.74. The predicted octanol–water partition coefficient (Wildman–Crippen LogP) is 3.75. The molecule has 1 aromatic heterocycles. The number of likely N-dealkylation sites (N-methyl/N-ethyl adjacent to an activating group) is 1. The molecule has 0 unspecified atom stereocenters. The molecule has 8 nitrogen and oxygen atoms in total. The van der Waals surface area contributed by atoms with Gasteiger partial charge in [0.25, 0.3) is 5.69 Å². The molecule has 29 heavy (non-hydrogen) atoms. The maximum atomic E-state index is 12.1. The molecule has 0 radical (unpaired) electrons. The quantitative estimate of drug-likeness (QED) is 0.438. The van der Waals surface area contributed by atoms with Gasteiger partial charge in [0.1, 0.15) is 11.5 Å². The van der Waals surface area contributed by atoms with Crippen molar-refractivity contribution in [2.45, 2.75) is 12.8 Å². The number of rotatable bonds is 9. The fraction of sp³-hybridized carbons (Fsp3) is 0.238. The summed E-state index contributed by atoms with van der Waals surface area (Å²) in [7, 11) is 1.87. The van der Waals surface area contributed by atoms with Gasteiger partial charge in [-0.3, -0.25) is 19.8 Å². The van der Waals surface area contributed by atoms with E-state index in [1.165, 1.54) is 24.3 Å². The second-order valence-electron chi connectivity index (χ2n) is 6.74. The number of aryl methyl sites for hydroxylation is 1. The predicted molar refractivity (Wildman–Crippen MR) is 109 cm³/mol. The number of amides is 1. The Bertz CT molecular complexity index is 954. The number of nitrogens with zero attached hydrogens (tertiary/aromatic N) is 3. The minimum absolute atomic E-state index is 0.0112. The van der Waals surface area contributed by atoms with Crippen molar-refractivity contribution < 1.29 is 14.2 Å². The Morgan fingerprint density at radius 3 is 2.59 bits per heavy atom. The molecule has 3 rings (SSSR count). The van der Waals surface area contributed by atoms with Crippen LogP contribution in [0, 0.1) is 10.1 Å². The van der Waals surface area contributed by atoms with E-state index in [0.717, 1.165) is 36.4 Å². The summed E-state index contributed by atoms with van der Waals surface area (Å²) in [4.78, 5) is 24.2. The van der Waals surface area contributed by atoms with Crippen LogP contribution in [0.2, 0.25) is 0 Å². The van der Waals surface area contributed by atoms with Gasteiger partial charge in [-0.05, 0) is 32.1 Å². The molecular weight excluding hydrogens is 372 g/mol. The van der Waals surface area contributed by atoms with Crippen molar-refractivity contribution >= 4 is 17.3 Å². The maximum absolute atomic E-state index is 12.1. The van der Waals surface area contributed by atoms with Gasteiger partial charge in [-0.15, -0.1) is 0 Å². The third kappa shape index (κ3) is 5.98. The van der Waals surface area contributed by atoms with Gasteiger partial charge in [0.15, 0.2) is 0 Å². The normalized spacial score (nSPS) is 10.8. The summed E-state index contributed by atoms with van der Waals surface area (Å²) in [6.07, 6.45) is 1.55. The molecule has 8 heteroatoms. The van der Waals surface area contributed by atoms with E-state index in [2.05, 4.69) is 10.5 Å². The number of benzene rings is 2. The Balaban J connectivity index is 1.40. The van der Waals surface area contributed by atoms with Crippen LogP contribution in [0.5, 0.6) is 0 Å². The maximum Gasteiger partial charge on any atom is 0.269 e. The summed E-state index contributed by atoms with van der Waals surface area (Å²) in [5.74, 6) is 0.639. The zero-order valence-corrected chi connectivity index (χ0v) is 16.1. The van der Waals surface area contributed by atoms with Gasteiger partial charge in [0, 0.05) is 35.9 Å². The Hall–Kier alpha value is -3.52. The monoisotopic (exact) mass is 394 g/mol. The number of nitro benzene ring substituents is 1. The number of nitrogens with one attached hydrogen (secondary N) is 1. The number of aromatic nitrogens is 1. The molecule has 150 valence electrons. The molecule has 1 amide bonds. The molecule has 0 saturated carbocycles. The average molecular weight is 394 g/mol. The van der Waals surface area contributed by atoms with Crippen molar-refractivity contribution in [3.63, 3.8) is 0 Å². The van der Waals surface area contributed by atoms with E-state index in [9.17, 15) is 14.9 Å². The zero-order chi connectivity index (χ0) is 20.6. The standard InChI is InChI=1S/C21H22N4O4/c1-24(15-21(26)22-17-9-11-18(12-10-17)25(27)28)13-5-8-19-14-20(23-29-19)16-6-3-2-4-7-16/h2-4,6-7,9-12,14H,5,8,13,15H2,1H3,(H,22,26). The summed E-state index contributed by atoms with van der Waals surface area (Å²) < 4.78 is 5.39. The number of non-ortho nitro benzene ring substituents is 1. The first-order valence-electron chi connectivity index (χ1n) is 9.25. The van der Waals surface area contributed by atoms with E-state index >= 15 is 0 Å². The first kappa shape index (κ1) is 20.2. The lowest BCUT2D eigenvalue weighted by Crippen LogP contribution is -2.31. The van der Waals surface area contributed by atoms with Crippen LogP contribution in [-0.4, -0.2) is 41.0 Å². The van der Waals surface area contributed by atoms with Crippen molar-refractivity contribution in [2.75, 3.05) is 25.5 Å². The molecule has 0 aliphatic carbocycles. The van der Waals surface area contributed by atoms with Crippen LogP contribution in [0.1, 0.15) is 12.2 Å². The summed E-state index contributed by atoms with van der Waals surface area (Å²) in [5.41, 5.74) is 2.35. The van der Waals surface area contributed by atoms with Gasteiger partial charge in [0.2, 0.25) is 5.91 Å². The van der Waals surface area contributed by atoms with Gasteiger partial charge < -0.3 is 9.84 Å². The molecule has 3 aromatic rings. The van der Waals surface area contributed by atoms with Gasteiger partial charge in [-0.1, -0.05) is 35.5 Å². The van der Waals surface area contributed by atoms with Crippen LogP contribution < -0.4 is 5.32 Å². The molecule has 0 saturated heterocycles. The lowest BCUT2D eigenvalue weighted by Gasteiger charge is -2.15. The summed E-state index contributed by atoms with van der Waals surface area (Å²) in [6.45, 7) is 0.942. The van der Waals surface area contributed by atoms with E-state index in [4.69, 9.17) is 4.52 Å². The Morgan fingerprint density at radius 1 is 1.17 bits per heavy atom. The highest BCUT2D eigenvalue weighted by molar-refractivity contribution is 5.92. The average Bonchev–Trinajstić information content (AvgIpc) is 3.18. The highest BCUT2D eigenvalue weighted by Gasteiger charge is 2.10. The molecule has 0 aliphatic heterocycles. The lowest BCUT2D eigenvalue weighted by atomic mass is 10.1. The van der Waals surface area contributed by atoms with Crippen LogP contribution in [0.25, 0.3) is 11.3 Å². The fourth-order valence-corrected chi connectivity index (χ4v) is 2.89. The van der Waals surface area contributed by atoms with Crippen LogP contribution in [0.4, 0.5) is 11.4 Å². The van der Waals surface area contributed by atoms with Crippen molar-refractivity contribution in [1.29, 1.82) is 0 Å². The first-order valence-corrected chi connectivity index (χ1v) is 9.25. The smallest absolute Gasteiger partial charge is 0.269 e. The minimum Gasteiger partial charge on any atom is -0.361 e. The molecule has 0 fully saturated rings. The molecule has 0 aliphatic rings. The van der Waals surface area contributed by atoms with Crippen molar-refractivity contribution in [3.05, 3.63) is 76.5 Å². The minimum atomic E-state index is -0.475. The zero-order valence-electron chi connectivity index (χ0n) is 16.1. The Morgan fingerprint density at radius 2 is 1.90 bits per heavy atom. The molecule has 1 N–H and O–H groups in total. The van der Waals surface area contributed by atoms with E-state index in [1.54, 1.807) is 0 Å². The number of hydrogen-bond acceptors (Lipinski definition) is 6. The summed E-state index contributed by atoms with van der Waals surface area (Å²) >= 11 is 0. The van der Waals surface area contributed by atoms with Crippen LogP contribution in [-0.2, 0) is 11.2 Å². The first-order chi connectivity index (χ1) is 14.0. The molecule has 0 spiro atoms. The summed E-state index contributed by atoms with van der Waals surface area (Å²) in [5, 5.41) is 17.5. The molecule has 0 atom stereocenters. The molecule has 1 heterocycles. The SMILES string of the molecule is CN(CCCc1cc(-c2ccccc2)no1)CC(=O)Nc1ccc([N+](=O)[O-])cc1. The number of carbonyl (C=O) groups is 1. The highest BCUT2D eigenvalue weighted by Crippen LogP contribution is 2.19. The van der Waals surface area contributed by atoms with Gasteiger partial charge in [0.05, 0.1) is 11.5 Å². The highest BCUT2D eigenvalue weighted by atomic mass is 16.6. The van der Waals surface area contributed by atoms with Crippen LogP contribution in [0.3, 0.4) is 0 Å². The third-order valence-electron chi connectivity index (χ3n) is 4.37. The largest absolute Gasteiger partial charge is 0.361 e. The second kappa shape index (κ2) is 9.61. The van der Waals surface area contributed by atoms with Gasteiger partial charge in [-0.2, -0.15) is 0 Å².